The summed E-state index contributed by atoms with van der Waals surface area (Å²) in [5.74, 6) is 0.487. The number of hydrogen-bond acceptors (Lipinski definition) is 3. The normalized spacial score (nSPS) is 12.5. The Kier molecular flexibility index (Phi) is 4.41. The molecule has 4 nitrogen and oxygen atoms in total. The second kappa shape index (κ2) is 5.25. The summed E-state index contributed by atoms with van der Waals surface area (Å²) >= 11 is 5.81. The van der Waals surface area contributed by atoms with Crippen LogP contribution in [0.15, 0.2) is 24.3 Å². The van der Waals surface area contributed by atoms with E-state index in [2.05, 4.69) is 0 Å². The number of benzene rings is 1. The van der Waals surface area contributed by atoms with Crippen LogP contribution in [0.3, 0.4) is 0 Å². The van der Waals surface area contributed by atoms with E-state index >= 15 is 0 Å². The summed E-state index contributed by atoms with van der Waals surface area (Å²) in [6.45, 7) is 3.81. The molecule has 0 heterocycles. The van der Waals surface area contributed by atoms with Crippen molar-refractivity contribution in [3.8, 4) is 5.75 Å². The molecule has 1 aromatic rings. The Morgan fingerprint density at radius 2 is 2.06 bits per heavy atom. The monoisotopic (exact) mass is 277 g/mol. The first kappa shape index (κ1) is 14.3. The lowest BCUT2D eigenvalue weighted by molar-refractivity contribution is 0.200. The molecular weight excluding hydrogens is 262 g/mol. The molecule has 0 atom stereocenters. The number of rotatable bonds is 5. The number of sulfonamides is 1. The molecule has 2 N–H and O–H groups in total. The Morgan fingerprint density at radius 3 is 2.59 bits per heavy atom. The molecular formula is C11H16ClNO3S. The largest absolute Gasteiger partial charge is 0.493 e. The average Bonchev–Trinajstić information content (AvgIpc) is 2.11. The molecule has 0 unspecified atom stereocenters. The van der Waals surface area contributed by atoms with Gasteiger partial charge in [-0.1, -0.05) is 31.5 Å². The van der Waals surface area contributed by atoms with Gasteiger partial charge >= 0.3 is 0 Å². The topological polar surface area (TPSA) is 69.4 Å². The third-order valence-electron chi connectivity index (χ3n) is 2.02. The van der Waals surface area contributed by atoms with Gasteiger partial charge in [-0.2, -0.15) is 0 Å². The van der Waals surface area contributed by atoms with Gasteiger partial charge in [-0.3, -0.25) is 0 Å². The Balaban J connectivity index is 2.61. The maximum atomic E-state index is 11.0. The molecule has 6 heteroatoms. The molecule has 0 aliphatic carbocycles. The van der Waals surface area contributed by atoms with Gasteiger partial charge in [0, 0.05) is 10.4 Å². The third-order valence-corrected chi connectivity index (χ3v) is 3.44. The van der Waals surface area contributed by atoms with Crippen molar-refractivity contribution in [2.45, 2.75) is 13.8 Å². The highest BCUT2D eigenvalue weighted by atomic mass is 35.5. The van der Waals surface area contributed by atoms with Crippen LogP contribution in [0, 0.1) is 5.41 Å². The van der Waals surface area contributed by atoms with Gasteiger partial charge in [0.05, 0.1) is 12.4 Å². The highest BCUT2D eigenvalue weighted by molar-refractivity contribution is 7.89. The quantitative estimate of drug-likeness (QED) is 0.895. The van der Waals surface area contributed by atoms with E-state index < -0.39 is 15.4 Å². The van der Waals surface area contributed by atoms with Crippen molar-refractivity contribution in [2.75, 3.05) is 12.4 Å². The van der Waals surface area contributed by atoms with Crippen LogP contribution in [-0.4, -0.2) is 20.8 Å². The molecule has 1 aromatic carbocycles. The summed E-state index contributed by atoms with van der Waals surface area (Å²) in [4.78, 5) is 0. The molecule has 0 fully saturated rings. The minimum atomic E-state index is -3.50. The van der Waals surface area contributed by atoms with E-state index in [9.17, 15) is 8.42 Å². The summed E-state index contributed by atoms with van der Waals surface area (Å²) in [6, 6.07) is 6.95. The minimum absolute atomic E-state index is 0.124. The zero-order valence-electron chi connectivity index (χ0n) is 9.81. The van der Waals surface area contributed by atoms with Crippen molar-refractivity contribution in [2.24, 2.45) is 10.6 Å². The number of halogens is 1. The molecule has 0 saturated heterocycles. The first-order chi connectivity index (χ1) is 7.68. The van der Waals surface area contributed by atoms with Crippen molar-refractivity contribution in [1.82, 2.24) is 0 Å². The van der Waals surface area contributed by atoms with Gasteiger partial charge in [0.1, 0.15) is 5.75 Å². The predicted molar refractivity (Wildman–Crippen MR) is 68.7 cm³/mol. The molecule has 0 radical (unpaired) electrons. The van der Waals surface area contributed by atoms with Crippen molar-refractivity contribution in [3.05, 3.63) is 29.3 Å². The predicted octanol–water partition coefficient (Wildman–Crippen LogP) is 2.03. The van der Waals surface area contributed by atoms with Gasteiger partial charge in [0.2, 0.25) is 10.0 Å². The lowest BCUT2D eigenvalue weighted by Gasteiger charge is -2.23. The summed E-state index contributed by atoms with van der Waals surface area (Å²) < 4.78 is 27.5. The van der Waals surface area contributed by atoms with E-state index in [-0.39, 0.29) is 12.4 Å². The number of nitrogens with two attached hydrogens (primary N) is 1. The fourth-order valence-corrected chi connectivity index (χ4v) is 2.77. The molecule has 0 saturated carbocycles. The third kappa shape index (κ3) is 5.91. The van der Waals surface area contributed by atoms with Crippen molar-refractivity contribution >= 4 is 21.6 Å². The minimum Gasteiger partial charge on any atom is -0.493 e. The second-order valence-corrected chi connectivity index (χ2v) is 6.77. The van der Waals surface area contributed by atoms with E-state index in [4.69, 9.17) is 21.5 Å². The summed E-state index contributed by atoms with van der Waals surface area (Å²) in [5, 5.41) is 5.59. The van der Waals surface area contributed by atoms with E-state index in [1.54, 1.807) is 38.1 Å². The van der Waals surface area contributed by atoms with Gasteiger partial charge < -0.3 is 4.74 Å². The Morgan fingerprint density at radius 1 is 1.41 bits per heavy atom. The molecule has 0 aliphatic heterocycles. The van der Waals surface area contributed by atoms with Gasteiger partial charge in [-0.05, 0) is 18.2 Å². The van der Waals surface area contributed by atoms with Gasteiger partial charge in [-0.15, -0.1) is 0 Å². The highest BCUT2D eigenvalue weighted by Gasteiger charge is 2.24. The van der Waals surface area contributed by atoms with E-state index in [1.165, 1.54) is 0 Å². The number of primary sulfonamides is 1. The van der Waals surface area contributed by atoms with Crippen LogP contribution in [0.5, 0.6) is 5.75 Å². The average molecular weight is 278 g/mol. The number of ether oxygens (including phenoxy) is 1. The molecule has 0 amide bonds. The SMILES string of the molecule is CC(C)(COc1cccc(Cl)c1)CS(N)(=O)=O. The Labute approximate surface area is 107 Å². The van der Waals surface area contributed by atoms with Crippen LogP contribution in [0.25, 0.3) is 0 Å². The highest BCUT2D eigenvalue weighted by Crippen LogP contribution is 2.22. The molecule has 0 aliphatic rings. The lowest BCUT2D eigenvalue weighted by atomic mass is 9.98. The van der Waals surface area contributed by atoms with Crippen LogP contribution >= 0.6 is 11.6 Å². The molecule has 17 heavy (non-hydrogen) atoms. The molecule has 96 valence electrons. The fourth-order valence-electron chi connectivity index (χ4n) is 1.42. The van der Waals surface area contributed by atoms with Crippen LogP contribution in [0.2, 0.25) is 5.02 Å². The van der Waals surface area contributed by atoms with E-state index in [1.807, 2.05) is 0 Å². The van der Waals surface area contributed by atoms with Crippen molar-refractivity contribution in [3.63, 3.8) is 0 Å². The van der Waals surface area contributed by atoms with Crippen molar-refractivity contribution in [1.29, 1.82) is 0 Å². The van der Waals surface area contributed by atoms with Crippen LogP contribution < -0.4 is 9.88 Å². The fraction of sp³-hybridized carbons (Fsp3) is 0.455. The second-order valence-electron chi connectivity index (χ2n) is 4.72. The smallest absolute Gasteiger partial charge is 0.209 e. The zero-order chi connectivity index (χ0) is 13.1. The maximum absolute atomic E-state index is 11.0. The van der Waals surface area contributed by atoms with Crippen LogP contribution in [0.4, 0.5) is 0 Å². The molecule has 1 rings (SSSR count). The molecule has 0 bridgehead atoms. The van der Waals surface area contributed by atoms with E-state index in [0.717, 1.165) is 0 Å². The summed E-state index contributed by atoms with van der Waals surface area (Å²) in [6.07, 6.45) is 0. The first-order valence-electron chi connectivity index (χ1n) is 5.07. The van der Waals surface area contributed by atoms with E-state index in [0.29, 0.717) is 10.8 Å². The van der Waals surface area contributed by atoms with Crippen LogP contribution in [-0.2, 0) is 10.0 Å². The van der Waals surface area contributed by atoms with Gasteiger partial charge in [0.25, 0.3) is 0 Å². The van der Waals surface area contributed by atoms with Crippen LogP contribution in [0.1, 0.15) is 13.8 Å². The Bertz CT molecular complexity index is 485. The van der Waals surface area contributed by atoms with Gasteiger partial charge in [-0.25, -0.2) is 13.6 Å². The lowest BCUT2D eigenvalue weighted by Crippen LogP contribution is -2.33. The van der Waals surface area contributed by atoms with Crippen molar-refractivity contribution < 1.29 is 13.2 Å². The zero-order valence-corrected chi connectivity index (χ0v) is 11.4. The maximum Gasteiger partial charge on any atom is 0.209 e. The summed E-state index contributed by atoms with van der Waals surface area (Å²) in [5.41, 5.74) is -0.546. The summed E-state index contributed by atoms with van der Waals surface area (Å²) in [7, 11) is -3.50. The standard InChI is InChI=1S/C11H16ClNO3S/c1-11(2,8-17(13,14)15)7-16-10-5-3-4-9(12)6-10/h3-6H,7-8H2,1-2H3,(H2,13,14,15). The molecule has 0 spiro atoms. The Hall–Kier alpha value is -0.780. The number of hydrogen-bond donors (Lipinski definition) is 1. The first-order valence-corrected chi connectivity index (χ1v) is 7.16. The van der Waals surface area contributed by atoms with Gasteiger partial charge in [0.15, 0.2) is 0 Å². The molecule has 0 aromatic heterocycles.